The summed E-state index contributed by atoms with van der Waals surface area (Å²) in [5, 5.41) is 26.0. The van der Waals surface area contributed by atoms with Crippen molar-refractivity contribution in [3.8, 4) is 0 Å². The molecule has 7 heteroatoms. The fourth-order valence-corrected chi connectivity index (χ4v) is 2.67. The normalized spacial score (nSPS) is 12.9. The number of nitro benzene ring substituents is 1. The number of hydrogen-bond donors (Lipinski definition) is 3. The van der Waals surface area contributed by atoms with Crippen LogP contribution < -0.4 is 10.6 Å². The number of carboxylic acid groups (broad SMARTS) is 1. The quantitative estimate of drug-likeness (QED) is 0.543. The van der Waals surface area contributed by atoms with Gasteiger partial charge in [0.2, 0.25) is 0 Å². The largest absolute Gasteiger partial charge is 0.465 e. The van der Waals surface area contributed by atoms with Gasteiger partial charge in [-0.25, -0.2) is 4.79 Å². The smallest absolute Gasteiger partial charge is 0.404 e. The number of amides is 1. The van der Waals surface area contributed by atoms with Crippen LogP contribution in [-0.2, 0) is 0 Å². The molecule has 25 heavy (non-hydrogen) atoms. The fourth-order valence-electron chi connectivity index (χ4n) is 2.67. The minimum atomic E-state index is -1.15. The molecule has 7 nitrogen and oxygen atoms in total. The zero-order valence-corrected chi connectivity index (χ0v) is 14.3. The lowest BCUT2D eigenvalue weighted by Crippen LogP contribution is -2.39. The summed E-state index contributed by atoms with van der Waals surface area (Å²) in [4.78, 5) is 22.0. The second kappa shape index (κ2) is 7.65. The van der Waals surface area contributed by atoms with E-state index < -0.39 is 23.1 Å². The lowest BCUT2D eigenvalue weighted by molar-refractivity contribution is -0.384. The molecule has 0 spiro atoms. The van der Waals surface area contributed by atoms with E-state index in [2.05, 4.69) is 10.6 Å². The van der Waals surface area contributed by atoms with E-state index in [0.29, 0.717) is 5.69 Å². The Kier molecular flexibility index (Phi) is 5.59. The maximum absolute atomic E-state index is 11.4. The third kappa shape index (κ3) is 4.47. The van der Waals surface area contributed by atoms with Crippen LogP contribution in [0.15, 0.2) is 42.5 Å². The number of anilines is 1. The van der Waals surface area contributed by atoms with E-state index in [1.807, 2.05) is 44.2 Å². The average Bonchev–Trinajstić information content (AvgIpc) is 2.55. The molecule has 0 radical (unpaired) electrons. The van der Waals surface area contributed by atoms with E-state index in [9.17, 15) is 14.9 Å². The van der Waals surface area contributed by atoms with E-state index >= 15 is 0 Å². The topological polar surface area (TPSA) is 104 Å². The maximum atomic E-state index is 11.4. The van der Waals surface area contributed by atoms with Crippen LogP contribution in [0.4, 0.5) is 16.2 Å². The van der Waals surface area contributed by atoms with Gasteiger partial charge in [-0.2, -0.15) is 0 Å². The van der Waals surface area contributed by atoms with Crippen molar-refractivity contribution in [2.24, 2.45) is 0 Å². The van der Waals surface area contributed by atoms with Crippen LogP contribution in [0.25, 0.3) is 0 Å². The Morgan fingerprint density at radius 3 is 2.32 bits per heavy atom. The summed E-state index contributed by atoms with van der Waals surface area (Å²) in [6.07, 6.45) is -1.15. The number of nitrogens with zero attached hydrogens (tertiary/aromatic N) is 1. The lowest BCUT2D eigenvalue weighted by atomic mass is 9.99. The molecular weight excluding hydrogens is 322 g/mol. The molecule has 0 aliphatic rings. The standard InChI is InChI=1S/C18H21N3O4/c1-11-9-15(16(21(24)25)10-12(11)2)20-17(13(3)19-18(22)23)14-7-5-4-6-8-14/h4-10,13,17,19-20H,1-3H3,(H,22,23). The van der Waals surface area contributed by atoms with Crippen LogP contribution in [0.2, 0.25) is 0 Å². The molecular formula is C18H21N3O4. The molecule has 1 amide bonds. The fraction of sp³-hybridized carbons (Fsp3) is 0.278. The minimum absolute atomic E-state index is 0.0356. The van der Waals surface area contributed by atoms with Crippen molar-refractivity contribution in [1.82, 2.24) is 5.32 Å². The van der Waals surface area contributed by atoms with Crippen molar-refractivity contribution >= 4 is 17.5 Å². The number of carbonyl (C=O) groups is 1. The van der Waals surface area contributed by atoms with Gasteiger partial charge in [-0.1, -0.05) is 30.3 Å². The molecule has 2 atom stereocenters. The van der Waals surface area contributed by atoms with Gasteiger partial charge in [-0.05, 0) is 43.5 Å². The highest BCUT2D eigenvalue weighted by atomic mass is 16.6. The van der Waals surface area contributed by atoms with Gasteiger partial charge in [-0.3, -0.25) is 10.1 Å². The Bertz CT molecular complexity index is 777. The first-order valence-corrected chi connectivity index (χ1v) is 7.86. The van der Waals surface area contributed by atoms with Crippen LogP contribution >= 0.6 is 0 Å². The first kappa shape index (κ1) is 18.3. The molecule has 0 saturated heterocycles. The number of hydrogen-bond acceptors (Lipinski definition) is 4. The van der Waals surface area contributed by atoms with E-state index in [1.54, 1.807) is 13.0 Å². The summed E-state index contributed by atoms with van der Waals surface area (Å²) in [5.41, 5.74) is 2.90. The van der Waals surface area contributed by atoms with Crippen LogP contribution in [0.5, 0.6) is 0 Å². The molecule has 0 saturated carbocycles. The van der Waals surface area contributed by atoms with Crippen LogP contribution in [-0.4, -0.2) is 22.2 Å². The van der Waals surface area contributed by atoms with Crippen LogP contribution in [0, 0.1) is 24.0 Å². The summed E-state index contributed by atoms with van der Waals surface area (Å²) >= 11 is 0. The molecule has 132 valence electrons. The van der Waals surface area contributed by atoms with Crippen molar-refractivity contribution < 1.29 is 14.8 Å². The molecule has 2 aromatic carbocycles. The lowest BCUT2D eigenvalue weighted by Gasteiger charge is -2.26. The monoisotopic (exact) mass is 343 g/mol. The molecule has 0 aliphatic heterocycles. The summed E-state index contributed by atoms with van der Waals surface area (Å²) in [6.45, 7) is 5.40. The first-order chi connectivity index (χ1) is 11.8. The molecule has 2 aromatic rings. The van der Waals surface area contributed by atoms with Gasteiger partial charge in [0.15, 0.2) is 0 Å². The predicted octanol–water partition coefficient (Wildman–Crippen LogP) is 4.02. The number of benzene rings is 2. The third-order valence-corrected chi connectivity index (χ3v) is 4.13. The van der Waals surface area contributed by atoms with Gasteiger partial charge in [0.05, 0.1) is 17.0 Å². The summed E-state index contributed by atoms with van der Waals surface area (Å²) in [5.74, 6) is 0. The molecule has 0 heterocycles. The number of nitro groups is 1. The number of nitrogens with one attached hydrogen (secondary N) is 2. The summed E-state index contributed by atoms with van der Waals surface area (Å²) < 4.78 is 0. The Morgan fingerprint density at radius 1 is 1.16 bits per heavy atom. The van der Waals surface area contributed by atoms with Gasteiger partial charge in [0.25, 0.3) is 5.69 Å². The first-order valence-electron chi connectivity index (χ1n) is 7.86. The van der Waals surface area contributed by atoms with E-state index in [-0.39, 0.29) is 5.69 Å². The summed E-state index contributed by atoms with van der Waals surface area (Å²) in [6, 6.07) is 11.5. The third-order valence-electron chi connectivity index (χ3n) is 4.13. The highest BCUT2D eigenvalue weighted by molar-refractivity contribution is 5.67. The Hall–Kier alpha value is -3.09. The Balaban J connectivity index is 2.45. The van der Waals surface area contributed by atoms with Gasteiger partial charge in [-0.15, -0.1) is 0 Å². The maximum Gasteiger partial charge on any atom is 0.404 e. The summed E-state index contributed by atoms with van der Waals surface area (Å²) in [7, 11) is 0. The minimum Gasteiger partial charge on any atom is -0.465 e. The average molecular weight is 343 g/mol. The number of aryl methyl sites for hydroxylation is 2. The molecule has 3 N–H and O–H groups in total. The highest BCUT2D eigenvalue weighted by Gasteiger charge is 2.24. The Morgan fingerprint density at radius 2 is 1.76 bits per heavy atom. The molecule has 0 bridgehead atoms. The molecule has 0 aliphatic carbocycles. The number of rotatable bonds is 6. The zero-order valence-electron chi connectivity index (χ0n) is 14.3. The predicted molar refractivity (Wildman–Crippen MR) is 96.0 cm³/mol. The molecule has 2 unspecified atom stereocenters. The molecule has 0 aromatic heterocycles. The van der Waals surface area contributed by atoms with Gasteiger partial charge in [0.1, 0.15) is 5.69 Å². The second-order valence-corrected chi connectivity index (χ2v) is 5.98. The van der Waals surface area contributed by atoms with E-state index in [1.165, 1.54) is 6.07 Å². The second-order valence-electron chi connectivity index (χ2n) is 5.98. The van der Waals surface area contributed by atoms with Gasteiger partial charge in [0, 0.05) is 6.07 Å². The van der Waals surface area contributed by atoms with Gasteiger partial charge < -0.3 is 15.7 Å². The van der Waals surface area contributed by atoms with E-state index in [0.717, 1.165) is 16.7 Å². The molecule has 0 fully saturated rings. The molecule has 2 rings (SSSR count). The van der Waals surface area contributed by atoms with Crippen molar-refractivity contribution in [2.45, 2.75) is 32.9 Å². The van der Waals surface area contributed by atoms with Crippen LogP contribution in [0.3, 0.4) is 0 Å². The van der Waals surface area contributed by atoms with Crippen molar-refractivity contribution in [3.63, 3.8) is 0 Å². The van der Waals surface area contributed by atoms with Crippen molar-refractivity contribution in [1.29, 1.82) is 0 Å². The van der Waals surface area contributed by atoms with Crippen molar-refractivity contribution in [3.05, 3.63) is 69.3 Å². The zero-order chi connectivity index (χ0) is 18.6. The highest BCUT2D eigenvalue weighted by Crippen LogP contribution is 2.32. The SMILES string of the molecule is Cc1cc(NC(c2ccccc2)C(C)NC(=O)O)c([N+](=O)[O-])cc1C. The van der Waals surface area contributed by atoms with E-state index in [4.69, 9.17) is 5.11 Å². The van der Waals surface area contributed by atoms with Crippen molar-refractivity contribution in [2.75, 3.05) is 5.32 Å². The van der Waals surface area contributed by atoms with Crippen LogP contribution in [0.1, 0.15) is 29.7 Å². The van der Waals surface area contributed by atoms with Gasteiger partial charge >= 0.3 is 6.09 Å². The Labute approximate surface area is 145 Å².